The van der Waals surface area contributed by atoms with E-state index >= 15 is 0 Å². The average Bonchev–Trinajstić information content (AvgIpc) is 2.52. The molecule has 5 nitrogen and oxygen atoms in total. The summed E-state index contributed by atoms with van der Waals surface area (Å²) in [7, 11) is 0. The number of nitrogens with zero attached hydrogens (tertiary/aromatic N) is 1. The molecule has 0 aromatic heterocycles. The van der Waals surface area contributed by atoms with Crippen LogP contribution < -0.4 is 15.5 Å². The third-order valence-electron chi connectivity index (χ3n) is 3.87. The minimum Gasteiger partial charge on any atom is -0.375 e. The summed E-state index contributed by atoms with van der Waals surface area (Å²) in [6.45, 7) is 8.95. The van der Waals surface area contributed by atoms with E-state index < -0.39 is 0 Å². The van der Waals surface area contributed by atoms with E-state index in [0.29, 0.717) is 19.6 Å². The fourth-order valence-electron chi connectivity index (χ4n) is 2.65. The van der Waals surface area contributed by atoms with E-state index in [0.717, 1.165) is 26.2 Å². The lowest BCUT2D eigenvalue weighted by Crippen LogP contribution is -2.42. The molecule has 1 unspecified atom stereocenters. The van der Waals surface area contributed by atoms with Gasteiger partial charge < -0.3 is 20.3 Å². The van der Waals surface area contributed by atoms with Crippen LogP contribution in [-0.2, 0) is 9.53 Å². The fraction of sp³-hybridized carbons (Fsp3) is 0.588. The van der Waals surface area contributed by atoms with Crippen LogP contribution in [0.2, 0.25) is 0 Å². The first-order chi connectivity index (χ1) is 10.7. The molecule has 24 heavy (non-hydrogen) atoms. The molecule has 0 spiro atoms. The number of anilines is 1. The van der Waals surface area contributed by atoms with Gasteiger partial charge in [0.15, 0.2) is 0 Å². The molecule has 0 radical (unpaired) electrons. The third kappa shape index (κ3) is 7.71. The van der Waals surface area contributed by atoms with Gasteiger partial charge >= 0.3 is 0 Å². The Morgan fingerprint density at radius 3 is 2.83 bits per heavy atom. The van der Waals surface area contributed by atoms with Crippen LogP contribution in [0.1, 0.15) is 18.9 Å². The second kappa shape index (κ2) is 12.4. The van der Waals surface area contributed by atoms with Gasteiger partial charge in [-0.05, 0) is 31.5 Å². The number of morpholine rings is 1. The van der Waals surface area contributed by atoms with Crippen LogP contribution in [0.3, 0.4) is 0 Å². The summed E-state index contributed by atoms with van der Waals surface area (Å²) >= 11 is 0. The van der Waals surface area contributed by atoms with Gasteiger partial charge in [0.1, 0.15) is 0 Å². The first-order valence-corrected chi connectivity index (χ1v) is 8.09. The highest BCUT2D eigenvalue weighted by Gasteiger charge is 2.17. The Morgan fingerprint density at radius 2 is 2.21 bits per heavy atom. The number of aryl methyl sites for hydroxylation is 1. The summed E-state index contributed by atoms with van der Waals surface area (Å²) in [4.78, 5) is 14.2. The SMILES string of the molecule is CCN(CCNC(=O)CC1CNCCO1)c1cccc(C)c1.Cl.Cl. The highest BCUT2D eigenvalue weighted by Crippen LogP contribution is 2.15. The number of hydrogen-bond donors (Lipinski definition) is 2. The first-order valence-electron chi connectivity index (χ1n) is 8.09. The van der Waals surface area contributed by atoms with E-state index in [1.165, 1.54) is 11.3 Å². The zero-order valence-corrected chi connectivity index (χ0v) is 16.0. The molecule has 1 atom stereocenters. The maximum absolute atomic E-state index is 11.9. The van der Waals surface area contributed by atoms with Gasteiger partial charge in [0.2, 0.25) is 5.91 Å². The molecule has 1 aliphatic rings. The molecule has 0 aliphatic carbocycles. The normalized spacial score (nSPS) is 16.5. The van der Waals surface area contributed by atoms with E-state index in [1.807, 2.05) is 0 Å². The molecule has 1 aromatic rings. The van der Waals surface area contributed by atoms with Crippen LogP contribution in [0.5, 0.6) is 0 Å². The Morgan fingerprint density at radius 1 is 1.42 bits per heavy atom. The first kappa shape index (κ1) is 23.0. The number of carbonyl (C=O) groups is 1. The maximum Gasteiger partial charge on any atom is 0.222 e. The summed E-state index contributed by atoms with van der Waals surface area (Å²) < 4.78 is 5.55. The summed E-state index contributed by atoms with van der Waals surface area (Å²) in [5.41, 5.74) is 2.46. The monoisotopic (exact) mass is 377 g/mol. The van der Waals surface area contributed by atoms with Gasteiger partial charge in [-0.15, -0.1) is 24.8 Å². The number of halogens is 2. The van der Waals surface area contributed by atoms with Gasteiger partial charge in [0.05, 0.1) is 19.1 Å². The lowest BCUT2D eigenvalue weighted by Gasteiger charge is -2.25. The number of benzene rings is 1. The molecule has 7 heteroatoms. The van der Waals surface area contributed by atoms with Crippen LogP contribution in [0, 0.1) is 6.92 Å². The summed E-state index contributed by atoms with van der Waals surface area (Å²) in [6, 6.07) is 8.45. The Kier molecular flexibility index (Phi) is 11.8. The number of ether oxygens (including phenoxy) is 1. The predicted octanol–water partition coefficient (Wildman–Crippen LogP) is 2.16. The van der Waals surface area contributed by atoms with Gasteiger partial charge in [0.25, 0.3) is 0 Å². The molecule has 2 rings (SSSR count). The highest BCUT2D eigenvalue weighted by atomic mass is 35.5. The molecule has 1 heterocycles. The maximum atomic E-state index is 11.9. The van der Waals surface area contributed by atoms with Crippen molar-refractivity contribution in [1.29, 1.82) is 0 Å². The number of hydrogen-bond acceptors (Lipinski definition) is 4. The summed E-state index contributed by atoms with van der Waals surface area (Å²) in [5.74, 6) is 0.0639. The fourth-order valence-corrected chi connectivity index (χ4v) is 2.65. The van der Waals surface area contributed by atoms with E-state index in [4.69, 9.17) is 4.74 Å². The second-order valence-corrected chi connectivity index (χ2v) is 5.67. The van der Waals surface area contributed by atoms with Gasteiger partial charge in [-0.1, -0.05) is 12.1 Å². The Bertz CT molecular complexity index is 483. The number of likely N-dealkylation sites (N-methyl/N-ethyl adjacent to an activating group) is 1. The van der Waals surface area contributed by atoms with Crippen molar-refractivity contribution in [2.75, 3.05) is 44.2 Å². The molecule has 1 aliphatic heterocycles. The number of nitrogens with one attached hydrogen (secondary N) is 2. The Hall–Kier alpha value is -1.01. The van der Waals surface area contributed by atoms with Crippen LogP contribution in [0.25, 0.3) is 0 Å². The number of carbonyl (C=O) groups excluding carboxylic acids is 1. The van der Waals surface area contributed by atoms with Crippen molar-refractivity contribution in [3.63, 3.8) is 0 Å². The molecule has 1 saturated heterocycles. The zero-order chi connectivity index (χ0) is 15.8. The van der Waals surface area contributed by atoms with E-state index in [9.17, 15) is 4.79 Å². The molecule has 2 N–H and O–H groups in total. The minimum absolute atomic E-state index is 0. The van der Waals surface area contributed by atoms with E-state index in [1.54, 1.807) is 0 Å². The van der Waals surface area contributed by atoms with Gasteiger partial charge in [0, 0.05) is 38.4 Å². The molecule has 138 valence electrons. The second-order valence-electron chi connectivity index (χ2n) is 5.67. The van der Waals surface area contributed by atoms with Crippen molar-refractivity contribution in [1.82, 2.24) is 10.6 Å². The molecule has 0 saturated carbocycles. The molecule has 1 amide bonds. The number of amides is 1. The van der Waals surface area contributed by atoms with E-state index in [-0.39, 0.29) is 36.8 Å². The summed E-state index contributed by atoms with van der Waals surface area (Å²) in [6.07, 6.45) is 0.441. The van der Waals surface area contributed by atoms with Crippen LogP contribution in [-0.4, -0.2) is 51.3 Å². The van der Waals surface area contributed by atoms with Crippen molar-refractivity contribution in [2.45, 2.75) is 26.4 Å². The highest BCUT2D eigenvalue weighted by molar-refractivity contribution is 5.85. The van der Waals surface area contributed by atoms with Crippen molar-refractivity contribution in [3.8, 4) is 0 Å². The Labute approximate surface area is 157 Å². The van der Waals surface area contributed by atoms with Crippen LogP contribution >= 0.6 is 24.8 Å². The zero-order valence-electron chi connectivity index (χ0n) is 14.4. The molecular weight excluding hydrogens is 349 g/mol. The van der Waals surface area contributed by atoms with E-state index in [2.05, 4.69) is 53.6 Å². The lowest BCUT2D eigenvalue weighted by molar-refractivity contribution is -0.124. The van der Waals surface area contributed by atoms with Gasteiger partial charge in [-0.25, -0.2) is 0 Å². The lowest BCUT2D eigenvalue weighted by atomic mass is 10.2. The predicted molar refractivity (Wildman–Crippen MR) is 104 cm³/mol. The molecule has 0 bridgehead atoms. The van der Waals surface area contributed by atoms with Crippen molar-refractivity contribution >= 4 is 36.4 Å². The van der Waals surface area contributed by atoms with Crippen LogP contribution in [0.4, 0.5) is 5.69 Å². The smallest absolute Gasteiger partial charge is 0.222 e. The number of rotatable bonds is 7. The molecule has 1 fully saturated rings. The van der Waals surface area contributed by atoms with Gasteiger partial charge in [-0.2, -0.15) is 0 Å². The quantitative estimate of drug-likeness (QED) is 0.764. The van der Waals surface area contributed by atoms with Crippen molar-refractivity contribution in [3.05, 3.63) is 29.8 Å². The summed E-state index contributed by atoms with van der Waals surface area (Å²) in [5, 5.41) is 6.23. The molecule has 1 aromatic carbocycles. The topological polar surface area (TPSA) is 53.6 Å². The van der Waals surface area contributed by atoms with Crippen molar-refractivity contribution in [2.24, 2.45) is 0 Å². The Balaban J connectivity index is 0.00000264. The third-order valence-corrected chi connectivity index (χ3v) is 3.87. The largest absolute Gasteiger partial charge is 0.375 e. The van der Waals surface area contributed by atoms with Gasteiger partial charge in [-0.3, -0.25) is 4.79 Å². The molecular formula is C17H29Cl2N3O2. The van der Waals surface area contributed by atoms with Crippen molar-refractivity contribution < 1.29 is 9.53 Å². The standard InChI is InChI=1S/C17H27N3O2.2ClH/c1-3-20(15-6-4-5-14(2)11-15)9-7-19-17(21)12-16-13-18-8-10-22-16;;/h4-6,11,16,18H,3,7-10,12-13H2,1-2H3,(H,19,21);2*1H. The van der Waals surface area contributed by atoms with Crippen LogP contribution in [0.15, 0.2) is 24.3 Å². The average molecular weight is 378 g/mol. The minimum atomic E-state index is 0.